The third-order valence-corrected chi connectivity index (χ3v) is 1.93. The largest absolute Gasteiger partial charge is 0.390 e. The van der Waals surface area contributed by atoms with Gasteiger partial charge in [0, 0.05) is 16.7 Å². The van der Waals surface area contributed by atoms with Crippen molar-refractivity contribution in [1.82, 2.24) is 4.98 Å². The molecule has 16 heavy (non-hydrogen) atoms. The van der Waals surface area contributed by atoms with Gasteiger partial charge in [-0.1, -0.05) is 5.11 Å². The number of nitrogens with two attached hydrogens (primary N) is 1. The van der Waals surface area contributed by atoms with Crippen molar-refractivity contribution in [3.8, 4) is 0 Å². The van der Waals surface area contributed by atoms with E-state index in [1.807, 2.05) is 0 Å². The molecule has 1 rings (SSSR count). The van der Waals surface area contributed by atoms with Crippen molar-refractivity contribution in [2.45, 2.75) is 12.2 Å². The minimum Gasteiger partial charge on any atom is -0.390 e. The van der Waals surface area contributed by atoms with Crippen molar-refractivity contribution in [1.29, 1.82) is 0 Å². The molecule has 0 aromatic carbocycles. The maximum atomic E-state index is 13.0. The van der Waals surface area contributed by atoms with Gasteiger partial charge in [0.25, 0.3) is 0 Å². The monoisotopic (exact) mass is 227 g/mol. The highest BCUT2D eigenvalue weighted by Crippen LogP contribution is 2.19. The van der Waals surface area contributed by atoms with Gasteiger partial charge in [-0.15, -0.1) is 0 Å². The number of rotatable bonds is 4. The first-order valence-corrected chi connectivity index (χ1v) is 4.34. The molecular weight excluding hydrogens is 217 g/mol. The van der Waals surface area contributed by atoms with Crippen LogP contribution in [0.4, 0.5) is 10.2 Å². The molecular formula is C8H10FN5O2. The molecule has 86 valence electrons. The molecule has 1 aromatic heterocycles. The van der Waals surface area contributed by atoms with Crippen LogP contribution in [0.5, 0.6) is 0 Å². The average molecular weight is 227 g/mol. The van der Waals surface area contributed by atoms with Gasteiger partial charge < -0.3 is 15.9 Å². The second-order valence-corrected chi connectivity index (χ2v) is 3.06. The number of pyridine rings is 1. The van der Waals surface area contributed by atoms with Gasteiger partial charge in [-0.3, -0.25) is 0 Å². The molecule has 1 aromatic rings. The molecule has 0 aliphatic rings. The molecule has 0 amide bonds. The van der Waals surface area contributed by atoms with E-state index in [-0.39, 0.29) is 17.9 Å². The highest BCUT2D eigenvalue weighted by molar-refractivity contribution is 5.32. The molecule has 7 nitrogen and oxygen atoms in total. The fourth-order valence-corrected chi connectivity index (χ4v) is 1.07. The second kappa shape index (κ2) is 5.26. The van der Waals surface area contributed by atoms with Gasteiger partial charge in [-0.05, 0) is 11.6 Å². The van der Waals surface area contributed by atoms with E-state index in [0.29, 0.717) is 0 Å². The van der Waals surface area contributed by atoms with Crippen LogP contribution in [0, 0.1) is 5.82 Å². The highest BCUT2D eigenvalue weighted by Gasteiger charge is 2.19. The predicted molar refractivity (Wildman–Crippen MR) is 53.6 cm³/mol. The molecule has 2 atom stereocenters. The Morgan fingerprint density at radius 1 is 1.62 bits per heavy atom. The zero-order valence-electron chi connectivity index (χ0n) is 8.16. The maximum Gasteiger partial charge on any atom is 0.165 e. The first kappa shape index (κ1) is 12.2. The minimum atomic E-state index is -1.38. The summed E-state index contributed by atoms with van der Waals surface area (Å²) in [7, 11) is 0. The van der Waals surface area contributed by atoms with Gasteiger partial charge in [-0.25, -0.2) is 9.37 Å². The fourth-order valence-electron chi connectivity index (χ4n) is 1.07. The number of aliphatic hydroxyl groups is 2. The number of hydrogen-bond acceptors (Lipinski definition) is 5. The lowest BCUT2D eigenvalue weighted by Crippen LogP contribution is -2.21. The predicted octanol–water partition coefficient (Wildman–Crippen LogP) is 0.508. The number of aromatic nitrogens is 1. The normalized spacial score (nSPS) is 13.9. The lowest BCUT2D eigenvalue weighted by atomic mass is 10.1. The smallest absolute Gasteiger partial charge is 0.165 e. The summed E-state index contributed by atoms with van der Waals surface area (Å²) < 4.78 is 13.0. The number of halogens is 1. The standard InChI is InChI=1S/C8H10FN5O2/c9-5-1-4(2-12-8(5)10)7(16)6(15)3-13-14-11/h1-2,6-7,15-16H,3H2,(H2,10,12). The van der Waals surface area contributed by atoms with Crippen molar-refractivity contribution >= 4 is 5.82 Å². The Labute approximate surface area is 90.0 Å². The summed E-state index contributed by atoms with van der Waals surface area (Å²) in [5, 5.41) is 22.0. The van der Waals surface area contributed by atoms with Crippen molar-refractivity contribution in [3.05, 3.63) is 34.1 Å². The van der Waals surface area contributed by atoms with Gasteiger partial charge in [0.2, 0.25) is 0 Å². The van der Waals surface area contributed by atoms with E-state index in [4.69, 9.17) is 11.3 Å². The highest BCUT2D eigenvalue weighted by atomic mass is 19.1. The molecule has 0 radical (unpaired) electrons. The molecule has 0 saturated carbocycles. The molecule has 4 N–H and O–H groups in total. The van der Waals surface area contributed by atoms with E-state index in [1.54, 1.807) is 0 Å². The quantitative estimate of drug-likeness (QED) is 0.393. The minimum absolute atomic E-state index is 0.0624. The Hall–Kier alpha value is -1.89. The lowest BCUT2D eigenvalue weighted by molar-refractivity contribution is 0.0240. The summed E-state index contributed by atoms with van der Waals surface area (Å²) in [6, 6.07) is 0.965. The van der Waals surface area contributed by atoms with Crippen LogP contribution in [0.1, 0.15) is 11.7 Å². The maximum absolute atomic E-state index is 13.0. The molecule has 1 heterocycles. The number of nitrogen functional groups attached to an aromatic ring is 1. The van der Waals surface area contributed by atoms with Crippen LogP contribution in [0.15, 0.2) is 17.4 Å². The number of azide groups is 1. The van der Waals surface area contributed by atoms with E-state index in [9.17, 15) is 14.6 Å². The van der Waals surface area contributed by atoms with Crippen molar-refractivity contribution in [2.75, 3.05) is 12.3 Å². The third-order valence-electron chi connectivity index (χ3n) is 1.93. The van der Waals surface area contributed by atoms with Crippen LogP contribution in [-0.4, -0.2) is 27.8 Å². The molecule has 0 spiro atoms. The summed E-state index contributed by atoms with van der Waals surface area (Å²) in [5.74, 6) is -1.08. The zero-order chi connectivity index (χ0) is 12.1. The van der Waals surface area contributed by atoms with E-state index in [0.717, 1.165) is 12.3 Å². The van der Waals surface area contributed by atoms with Gasteiger partial charge in [-0.2, -0.15) is 0 Å². The Kier molecular flexibility index (Phi) is 4.01. The van der Waals surface area contributed by atoms with Crippen molar-refractivity contribution in [3.63, 3.8) is 0 Å². The summed E-state index contributed by atoms with van der Waals surface area (Å²) in [5.41, 5.74) is 13.2. The van der Waals surface area contributed by atoms with Gasteiger partial charge in [0.15, 0.2) is 11.6 Å². The summed E-state index contributed by atoms with van der Waals surface area (Å²) >= 11 is 0. The lowest BCUT2D eigenvalue weighted by Gasteiger charge is -2.15. The molecule has 0 aliphatic carbocycles. The van der Waals surface area contributed by atoms with Crippen LogP contribution in [0.2, 0.25) is 0 Å². The number of nitrogens with zero attached hydrogens (tertiary/aromatic N) is 4. The summed E-state index contributed by atoms with van der Waals surface area (Å²) in [6.07, 6.45) is -1.56. The summed E-state index contributed by atoms with van der Waals surface area (Å²) in [4.78, 5) is 5.92. The topological polar surface area (TPSA) is 128 Å². The van der Waals surface area contributed by atoms with Crippen molar-refractivity contribution < 1.29 is 14.6 Å². The van der Waals surface area contributed by atoms with Gasteiger partial charge >= 0.3 is 0 Å². The Balaban J connectivity index is 2.82. The van der Waals surface area contributed by atoms with Crippen molar-refractivity contribution in [2.24, 2.45) is 5.11 Å². The molecule has 0 fully saturated rings. The second-order valence-electron chi connectivity index (χ2n) is 3.06. The van der Waals surface area contributed by atoms with Crippen LogP contribution in [0.3, 0.4) is 0 Å². The molecule has 0 aliphatic heterocycles. The first-order chi connectivity index (χ1) is 7.56. The van der Waals surface area contributed by atoms with E-state index < -0.39 is 18.0 Å². The zero-order valence-corrected chi connectivity index (χ0v) is 8.16. The molecule has 2 unspecified atom stereocenters. The Bertz CT molecular complexity index is 421. The van der Waals surface area contributed by atoms with Gasteiger partial charge in [0.05, 0.1) is 12.6 Å². The molecule has 0 saturated heterocycles. The van der Waals surface area contributed by atoms with Crippen LogP contribution >= 0.6 is 0 Å². The number of anilines is 1. The van der Waals surface area contributed by atoms with Crippen LogP contribution in [-0.2, 0) is 0 Å². The van der Waals surface area contributed by atoms with Gasteiger partial charge in [0.1, 0.15) is 6.10 Å². The molecule has 0 bridgehead atoms. The Morgan fingerprint density at radius 2 is 2.31 bits per heavy atom. The third kappa shape index (κ3) is 2.80. The van der Waals surface area contributed by atoms with E-state index >= 15 is 0 Å². The average Bonchev–Trinajstić information content (AvgIpc) is 2.28. The van der Waals surface area contributed by atoms with Crippen LogP contribution < -0.4 is 5.73 Å². The van der Waals surface area contributed by atoms with E-state index in [2.05, 4.69) is 15.0 Å². The Morgan fingerprint density at radius 3 is 2.88 bits per heavy atom. The SMILES string of the molecule is [N-]=[N+]=NCC(O)C(O)c1cnc(N)c(F)c1. The first-order valence-electron chi connectivity index (χ1n) is 4.34. The number of aliphatic hydroxyl groups excluding tert-OH is 2. The molecule has 8 heteroatoms. The fraction of sp³-hybridized carbons (Fsp3) is 0.375. The summed E-state index contributed by atoms with van der Waals surface area (Å²) in [6.45, 7) is -0.316. The van der Waals surface area contributed by atoms with E-state index in [1.165, 1.54) is 0 Å². The van der Waals surface area contributed by atoms with Crippen LogP contribution in [0.25, 0.3) is 10.4 Å². The number of hydrogen-bond donors (Lipinski definition) is 3.